The number of ether oxygens (including phenoxy) is 1. The molecule has 1 aromatic heterocycles. The van der Waals surface area contributed by atoms with Gasteiger partial charge in [-0.3, -0.25) is 9.59 Å². The number of amides is 2. The van der Waals surface area contributed by atoms with Gasteiger partial charge in [-0.1, -0.05) is 12.8 Å². The Balaban J connectivity index is 1.62. The Morgan fingerprint density at radius 1 is 1.28 bits per heavy atom. The molecule has 2 amide bonds. The first-order valence-corrected chi connectivity index (χ1v) is 10.2. The molecule has 0 spiro atoms. The van der Waals surface area contributed by atoms with Crippen LogP contribution in [0.3, 0.4) is 0 Å². The number of hydrogen-bond acceptors (Lipinski definition) is 4. The van der Waals surface area contributed by atoms with Gasteiger partial charge in [-0.25, -0.2) is 0 Å². The average molecular weight is 365 g/mol. The van der Waals surface area contributed by atoms with E-state index in [0.717, 1.165) is 50.1 Å². The summed E-state index contributed by atoms with van der Waals surface area (Å²) in [6, 6.07) is 2.04. The van der Waals surface area contributed by atoms with Gasteiger partial charge in [0.05, 0.1) is 11.5 Å². The number of aryl methyl sites for hydroxylation is 1. The molecule has 25 heavy (non-hydrogen) atoms. The molecule has 1 aromatic rings. The van der Waals surface area contributed by atoms with Crippen LogP contribution in [0.5, 0.6) is 0 Å². The Bertz CT molecular complexity index is 606. The minimum atomic E-state index is 0.0140. The summed E-state index contributed by atoms with van der Waals surface area (Å²) in [5.41, 5.74) is 1.20. The molecule has 2 aliphatic rings. The normalized spacial score (nSPS) is 20.7. The molecule has 1 saturated heterocycles. The van der Waals surface area contributed by atoms with E-state index in [-0.39, 0.29) is 17.7 Å². The molecular weight excluding hydrogens is 336 g/mol. The lowest BCUT2D eigenvalue weighted by atomic mass is 9.88. The number of fused-ring (bicyclic) bond motifs is 1. The zero-order chi connectivity index (χ0) is 17.6. The molecule has 0 bridgehead atoms. The SMILES string of the molecule is COCCNC(=O)[C@@H]1CCc2sc(C(=O)N3CCCCCC3)cc2C1. The van der Waals surface area contributed by atoms with Gasteiger partial charge in [0.1, 0.15) is 0 Å². The number of rotatable bonds is 5. The highest BCUT2D eigenvalue weighted by Gasteiger charge is 2.28. The Morgan fingerprint density at radius 2 is 2.04 bits per heavy atom. The molecule has 1 aliphatic carbocycles. The molecule has 0 aromatic carbocycles. The third-order valence-electron chi connectivity index (χ3n) is 5.16. The highest BCUT2D eigenvalue weighted by atomic mass is 32.1. The lowest BCUT2D eigenvalue weighted by Gasteiger charge is -2.21. The van der Waals surface area contributed by atoms with E-state index in [1.165, 1.54) is 23.3 Å². The number of thiophene rings is 1. The van der Waals surface area contributed by atoms with Crippen LogP contribution in [0.1, 0.15) is 52.2 Å². The van der Waals surface area contributed by atoms with E-state index >= 15 is 0 Å². The van der Waals surface area contributed by atoms with Crippen LogP contribution in [0.15, 0.2) is 6.07 Å². The van der Waals surface area contributed by atoms with Gasteiger partial charge in [-0.2, -0.15) is 0 Å². The number of hydrogen-bond donors (Lipinski definition) is 1. The van der Waals surface area contributed by atoms with Gasteiger partial charge < -0.3 is 15.0 Å². The molecule has 0 radical (unpaired) electrons. The second-order valence-electron chi connectivity index (χ2n) is 6.99. The average Bonchev–Trinajstić information content (AvgIpc) is 2.86. The second-order valence-corrected chi connectivity index (χ2v) is 8.13. The van der Waals surface area contributed by atoms with E-state index < -0.39 is 0 Å². The van der Waals surface area contributed by atoms with Crippen molar-refractivity contribution in [3.8, 4) is 0 Å². The maximum absolute atomic E-state index is 12.8. The molecule has 1 aliphatic heterocycles. The molecule has 1 N–H and O–H groups in total. The largest absolute Gasteiger partial charge is 0.383 e. The summed E-state index contributed by atoms with van der Waals surface area (Å²) < 4.78 is 4.98. The van der Waals surface area contributed by atoms with E-state index in [2.05, 4.69) is 5.32 Å². The predicted octanol–water partition coefficient (Wildman–Crippen LogP) is 2.63. The van der Waals surface area contributed by atoms with Crippen LogP contribution in [0.4, 0.5) is 0 Å². The number of carbonyl (C=O) groups is 2. The van der Waals surface area contributed by atoms with Crippen LogP contribution in [0.2, 0.25) is 0 Å². The molecule has 1 atom stereocenters. The lowest BCUT2D eigenvalue weighted by Crippen LogP contribution is -2.35. The first kappa shape index (κ1) is 18.4. The topological polar surface area (TPSA) is 58.6 Å². The molecule has 0 saturated carbocycles. The molecule has 138 valence electrons. The third kappa shape index (κ3) is 4.61. The summed E-state index contributed by atoms with van der Waals surface area (Å²) >= 11 is 1.64. The van der Waals surface area contributed by atoms with Crippen molar-refractivity contribution in [2.24, 2.45) is 5.92 Å². The summed E-state index contributed by atoms with van der Waals surface area (Å²) in [6.45, 7) is 2.86. The van der Waals surface area contributed by atoms with Crippen LogP contribution >= 0.6 is 11.3 Å². The maximum Gasteiger partial charge on any atom is 0.263 e. The van der Waals surface area contributed by atoms with Crippen molar-refractivity contribution in [2.45, 2.75) is 44.9 Å². The Labute approximate surface area is 153 Å². The van der Waals surface area contributed by atoms with Gasteiger partial charge in [-0.15, -0.1) is 11.3 Å². The van der Waals surface area contributed by atoms with E-state index in [4.69, 9.17) is 4.74 Å². The van der Waals surface area contributed by atoms with E-state index in [1.807, 2.05) is 11.0 Å². The summed E-state index contributed by atoms with van der Waals surface area (Å²) in [5.74, 6) is 0.303. The predicted molar refractivity (Wildman–Crippen MR) is 99.1 cm³/mol. The molecule has 6 heteroatoms. The van der Waals surface area contributed by atoms with Crippen molar-refractivity contribution in [2.75, 3.05) is 33.4 Å². The van der Waals surface area contributed by atoms with Crippen molar-refractivity contribution in [3.63, 3.8) is 0 Å². The fraction of sp³-hybridized carbons (Fsp3) is 0.684. The van der Waals surface area contributed by atoms with Crippen LogP contribution < -0.4 is 5.32 Å². The van der Waals surface area contributed by atoms with Crippen LogP contribution in [-0.2, 0) is 22.4 Å². The van der Waals surface area contributed by atoms with Crippen LogP contribution in [0.25, 0.3) is 0 Å². The fourth-order valence-electron chi connectivity index (χ4n) is 3.70. The smallest absolute Gasteiger partial charge is 0.263 e. The molecule has 2 heterocycles. The van der Waals surface area contributed by atoms with Gasteiger partial charge in [0.15, 0.2) is 0 Å². The zero-order valence-electron chi connectivity index (χ0n) is 15.0. The standard InChI is InChI=1S/C19H28N2O3S/c1-24-11-8-20-18(22)14-6-7-16-15(12-14)13-17(25-16)19(23)21-9-4-2-3-5-10-21/h13-14H,2-12H2,1H3,(H,20,22)/t14-/m1/s1. The lowest BCUT2D eigenvalue weighted by molar-refractivity contribution is -0.125. The maximum atomic E-state index is 12.8. The Kier molecular flexibility index (Phi) is 6.48. The quantitative estimate of drug-likeness (QED) is 0.817. The van der Waals surface area contributed by atoms with Crippen LogP contribution in [-0.4, -0.2) is 50.1 Å². The van der Waals surface area contributed by atoms with E-state index in [9.17, 15) is 9.59 Å². The summed E-state index contributed by atoms with van der Waals surface area (Å²) in [6.07, 6.45) is 7.19. The minimum Gasteiger partial charge on any atom is -0.383 e. The van der Waals surface area contributed by atoms with Gasteiger partial charge in [0, 0.05) is 37.5 Å². The molecule has 3 rings (SSSR count). The van der Waals surface area contributed by atoms with Crippen molar-refractivity contribution in [3.05, 3.63) is 21.4 Å². The number of methoxy groups -OCH3 is 1. The molecule has 1 fully saturated rings. The van der Waals surface area contributed by atoms with Crippen molar-refractivity contribution in [1.29, 1.82) is 0 Å². The highest BCUT2D eigenvalue weighted by molar-refractivity contribution is 7.14. The monoisotopic (exact) mass is 364 g/mol. The summed E-state index contributed by atoms with van der Waals surface area (Å²) in [7, 11) is 1.63. The second kappa shape index (κ2) is 8.81. The Morgan fingerprint density at radius 3 is 2.76 bits per heavy atom. The van der Waals surface area contributed by atoms with E-state index in [1.54, 1.807) is 18.4 Å². The summed E-state index contributed by atoms with van der Waals surface area (Å²) in [4.78, 5) is 29.2. The summed E-state index contributed by atoms with van der Waals surface area (Å²) in [5, 5.41) is 2.94. The third-order valence-corrected chi connectivity index (χ3v) is 6.39. The number of nitrogens with zero attached hydrogens (tertiary/aromatic N) is 1. The zero-order valence-corrected chi connectivity index (χ0v) is 15.8. The first-order chi connectivity index (χ1) is 12.2. The number of carbonyl (C=O) groups excluding carboxylic acids is 2. The van der Waals surface area contributed by atoms with E-state index in [0.29, 0.717) is 13.2 Å². The number of likely N-dealkylation sites (tertiary alicyclic amines) is 1. The highest BCUT2D eigenvalue weighted by Crippen LogP contribution is 2.33. The minimum absolute atomic E-state index is 0.0140. The van der Waals surface area contributed by atoms with Gasteiger partial charge in [0.2, 0.25) is 5.91 Å². The fourth-order valence-corrected chi connectivity index (χ4v) is 4.88. The Hall–Kier alpha value is -1.40. The van der Waals surface area contributed by atoms with Gasteiger partial charge >= 0.3 is 0 Å². The van der Waals surface area contributed by atoms with Crippen molar-refractivity contribution in [1.82, 2.24) is 10.2 Å². The van der Waals surface area contributed by atoms with Gasteiger partial charge in [0.25, 0.3) is 5.91 Å². The molecular formula is C19H28N2O3S. The van der Waals surface area contributed by atoms with Gasteiger partial charge in [-0.05, 0) is 43.7 Å². The van der Waals surface area contributed by atoms with Crippen LogP contribution in [0, 0.1) is 5.92 Å². The molecule has 5 nitrogen and oxygen atoms in total. The number of nitrogens with one attached hydrogen (secondary N) is 1. The first-order valence-electron chi connectivity index (χ1n) is 9.36. The van der Waals surface area contributed by atoms with Crippen molar-refractivity contribution >= 4 is 23.2 Å². The van der Waals surface area contributed by atoms with Crippen molar-refractivity contribution < 1.29 is 14.3 Å². The molecule has 0 unspecified atom stereocenters.